The number of hydrogen-bond acceptors (Lipinski definition) is 1. The smallest absolute Gasteiger partial charge is 0.452 e. The number of hydrogen-bond donors (Lipinski definition) is 0. The third kappa shape index (κ3) is 4.73. The summed E-state index contributed by atoms with van der Waals surface area (Å²) in [5, 5.41) is 0. The highest BCUT2D eigenvalue weighted by Gasteiger charge is 1.76. The van der Waals surface area contributed by atoms with E-state index in [-0.39, 0.29) is 0 Å². The van der Waals surface area contributed by atoms with Gasteiger partial charge in [0.2, 0.25) is 0 Å². The molecule has 0 aliphatic rings. The molecule has 0 bridgehead atoms. The molecule has 0 heterocycles. The zero-order valence-electron chi connectivity index (χ0n) is 3.69. The van der Waals surface area contributed by atoms with Crippen LogP contribution in [-0.2, 0) is 3.17 Å². The van der Waals surface area contributed by atoms with E-state index in [1.54, 1.807) is 0 Å². The molecule has 0 aromatic carbocycles. The van der Waals surface area contributed by atoms with E-state index in [1.807, 2.05) is 13.8 Å². The second-order valence-corrected chi connectivity index (χ2v) is 1.55. The molecular weight excluding hydrogens is 76.3 g/mol. The Morgan fingerprint density at radius 3 is 1.80 bits per heavy atom. The lowest BCUT2D eigenvalue weighted by atomic mass is 10.5. The van der Waals surface area contributed by atoms with Crippen LogP contribution in [0.2, 0.25) is 0 Å². The predicted octanol–water partition coefficient (Wildman–Crippen LogP) is 0.495. The minimum absolute atomic E-state index is 0.397. The van der Waals surface area contributed by atoms with Gasteiger partial charge in [-0.15, -0.1) is 0 Å². The highest BCUT2D eigenvalue weighted by Crippen LogP contribution is 1.76. The first-order chi connectivity index (χ1) is 2.27. The van der Waals surface area contributed by atoms with Gasteiger partial charge in [0.05, 0.1) is 0 Å². The highest BCUT2D eigenvalue weighted by atomic mass is 24.4. The summed E-state index contributed by atoms with van der Waals surface area (Å²) in [4.78, 5) is 0. The minimum atomic E-state index is 0.397. The van der Waals surface area contributed by atoms with Crippen LogP contribution >= 0.6 is 0 Å². The highest BCUT2D eigenvalue weighted by molar-refractivity contribution is 5.98. The second kappa shape index (κ2) is 2.94. The Bertz CT molecular complexity index is 20.9. The van der Waals surface area contributed by atoms with Crippen LogP contribution in [0.15, 0.2) is 0 Å². The third-order valence-electron chi connectivity index (χ3n) is 0.333. The van der Waals surface area contributed by atoms with Crippen molar-refractivity contribution in [2.45, 2.75) is 20.0 Å². The van der Waals surface area contributed by atoms with Crippen LogP contribution in [0, 0.1) is 0 Å². The average Bonchev–Trinajstić information content (AvgIpc) is 1.38. The van der Waals surface area contributed by atoms with Gasteiger partial charge in [0.1, 0.15) is 0 Å². The largest absolute Gasteiger partial charge is 0.582 e. The van der Waals surface area contributed by atoms with E-state index < -0.39 is 0 Å². The molecule has 2 heteroatoms. The van der Waals surface area contributed by atoms with Crippen molar-refractivity contribution in [1.82, 2.24) is 0 Å². The van der Waals surface area contributed by atoms with Gasteiger partial charge >= 0.3 is 22.1 Å². The second-order valence-electron chi connectivity index (χ2n) is 1.22. The van der Waals surface area contributed by atoms with E-state index in [4.69, 9.17) is 3.17 Å². The fourth-order valence-electron chi connectivity index (χ4n) is 0. The molecule has 0 atom stereocenters. The van der Waals surface area contributed by atoms with Crippen molar-refractivity contribution in [2.75, 3.05) is 0 Å². The summed E-state index contributed by atoms with van der Waals surface area (Å²) >= 11 is 1.53. The van der Waals surface area contributed by atoms with Gasteiger partial charge in [0.25, 0.3) is 0 Å². The van der Waals surface area contributed by atoms with Gasteiger partial charge in [-0.1, -0.05) is 0 Å². The summed E-state index contributed by atoms with van der Waals surface area (Å²) in [6.45, 7) is 4.01. The normalized spacial score (nSPS) is 9.20. The maximum absolute atomic E-state index is 4.78. The molecule has 0 aromatic rings. The lowest BCUT2D eigenvalue weighted by Crippen LogP contribution is -1.95. The Morgan fingerprint density at radius 1 is 1.60 bits per heavy atom. The lowest BCUT2D eigenvalue weighted by Gasteiger charge is -2.00. The summed E-state index contributed by atoms with van der Waals surface area (Å²) in [5.41, 5.74) is 0. The molecule has 5 heavy (non-hydrogen) atoms. The zero-order chi connectivity index (χ0) is 4.28. The van der Waals surface area contributed by atoms with Crippen LogP contribution in [-0.4, -0.2) is 28.2 Å². The van der Waals surface area contributed by atoms with Crippen LogP contribution in [0.3, 0.4) is 0 Å². The average molecular weight is 83.4 g/mol. The molecule has 0 saturated carbocycles. The van der Waals surface area contributed by atoms with E-state index in [9.17, 15) is 0 Å². The molecular formula is C3H7MgO. The standard InChI is InChI=1S/C3H7O.Mg/c1-3(2)4;/h3H,1-2H3;/q-1;+1. The fraction of sp³-hybridized carbons (Fsp3) is 1.00. The Kier molecular flexibility index (Phi) is 3.36. The molecule has 1 radical (unpaired) electrons. The fourth-order valence-corrected chi connectivity index (χ4v) is 0. The molecule has 0 amide bonds. The summed E-state index contributed by atoms with van der Waals surface area (Å²) in [6, 6.07) is 0. The van der Waals surface area contributed by atoms with Crippen LogP contribution in [0.4, 0.5) is 0 Å². The third-order valence-corrected chi connectivity index (χ3v) is 1.00. The van der Waals surface area contributed by atoms with Gasteiger partial charge in [0, 0.05) is 6.10 Å². The molecule has 1 nitrogen and oxygen atoms in total. The molecule has 0 spiro atoms. The molecule has 0 unspecified atom stereocenters. The molecule has 0 aliphatic heterocycles. The van der Waals surface area contributed by atoms with Gasteiger partial charge in [-0.25, -0.2) is 0 Å². The van der Waals surface area contributed by atoms with Crippen LogP contribution in [0.25, 0.3) is 0 Å². The summed E-state index contributed by atoms with van der Waals surface area (Å²) in [7, 11) is 0. The molecule has 0 aliphatic carbocycles. The van der Waals surface area contributed by atoms with Crippen molar-refractivity contribution in [1.29, 1.82) is 0 Å². The van der Waals surface area contributed by atoms with E-state index in [0.29, 0.717) is 6.10 Å². The Balaban J connectivity index is 2.54. The summed E-state index contributed by atoms with van der Waals surface area (Å²) in [5.74, 6) is 0. The van der Waals surface area contributed by atoms with Crippen LogP contribution < -0.4 is 0 Å². The van der Waals surface area contributed by atoms with Crippen molar-refractivity contribution in [3.63, 3.8) is 0 Å². The maximum Gasteiger partial charge on any atom is 0.452 e. The van der Waals surface area contributed by atoms with E-state index in [0.717, 1.165) is 0 Å². The first kappa shape index (κ1) is 5.73. The van der Waals surface area contributed by atoms with Crippen molar-refractivity contribution >= 4 is 22.1 Å². The topological polar surface area (TPSA) is 9.23 Å². The van der Waals surface area contributed by atoms with Gasteiger partial charge in [-0.2, -0.15) is 0 Å². The van der Waals surface area contributed by atoms with Gasteiger partial charge in [0.15, 0.2) is 0 Å². The quantitative estimate of drug-likeness (QED) is 0.419. The van der Waals surface area contributed by atoms with Crippen molar-refractivity contribution < 1.29 is 3.17 Å². The Labute approximate surface area is 45.7 Å². The SMILES string of the molecule is CC(C)[O][Mg]. The van der Waals surface area contributed by atoms with E-state index in [1.165, 1.54) is 22.1 Å². The van der Waals surface area contributed by atoms with Crippen LogP contribution in [0.1, 0.15) is 13.8 Å². The molecule has 0 aromatic heterocycles. The van der Waals surface area contributed by atoms with E-state index >= 15 is 0 Å². The Morgan fingerprint density at radius 2 is 1.80 bits per heavy atom. The first-order valence-corrected chi connectivity index (χ1v) is 2.26. The van der Waals surface area contributed by atoms with Crippen molar-refractivity contribution in [3.05, 3.63) is 0 Å². The minimum Gasteiger partial charge on any atom is -0.582 e. The molecule has 0 fully saturated rings. The molecule has 27 valence electrons. The predicted molar refractivity (Wildman–Crippen MR) is 22.0 cm³/mol. The lowest BCUT2D eigenvalue weighted by molar-refractivity contribution is 0.267. The van der Waals surface area contributed by atoms with Gasteiger partial charge < -0.3 is 3.17 Å². The molecule has 0 N–H and O–H groups in total. The van der Waals surface area contributed by atoms with Gasteiger partial charge in [-0.3, -0.25) is 0 Å². The molecule has 0 rings (SSSR count). The zero-order valence-corrected chi connectivity index (χ0v) is 5.11. The van der Waals surface area contributed by atoms with Crippen molar-refractivity contribution in [3.8, 4) is 0 Å². The monoisotopic (exact) mass is 83.0 g/mol. The summed E-state index contributed by atoms with van der Waals surface area (Å²) in [6.07, 6.45) is 0.397. The van der Waals surface area contributed by atoms with Gasteiger partial charge in [-0.05, 0) is 13.8 Å². The Hall–Kier alpha value is 0.726. The van der Waals surface area contributed by atoms with E-state index in [2.05, 4.69) is 0 Å². The van der Waals surface area contributed by atoms with Crippen molar-refractivity contribution in [2.24, 2.45) is 0 Å². The summed E-state index contributed by atoms with van der Waals surface area (Å²) < 4.78 is 4.78. The number of rotatable bonds is 1. The van der Waals surface area contributed by atoms with Crippen LogP contribution in [0.5, 0.6) is 0 Å². The first-order valence-electron chi connectivity index (χ1n) is 1.68. The molecule has 0 saturated heterocycles. The maximum atomic E-state index is 4.78.